The number of nitro benzene ring substituents is 1. The summed E-state index contributed by atoms with van der Waals surface area (Å²) in [6, 6.07) is 6.61. The van der Waals surface area contributed by atoms with Crippen molar-refractivity contribution in [3.05, 3.63) is 40.1 Å². The van der Waals surface area contributed by atoms with Crippen molar-refractivity contribution in [1.82, 2.24) is 9.97 Å². The van der Waals surface area contributed by atoms with E-state index in [2.05, 4.69) is 19.8 Å². The quantitative estimate of drug-likeness (QED) is 0.635. The van der Waals surface area contributed by atoms with Crippen molar-refractivity contribution in [3.63, 3.8) is 0 Å². The van der Waals surface area contributed by atoms with Crippen molar-refractivity contribution in [1.29, 1.82) is 0 Å². The van der Waals surface area contributed by atoms with E-state index in [1.807, 2.05) is 6.92 Å². The Hall–Kier alpha value is -3.10. The van der Waals surface area contributed by atoms with E-state index >= 15 is 0 Å². The molecular weight excluding hydrogens is 310 g/mol. The van der Waals surface area contributed by atoms with Gasteiger partial charge in [-0.1, -0.05) is 0 Å². The zero-order chi connectivity index (χ0) is 17.3. The normalized spacial score (nSPS) is 14.7. The molecule has 24 heavy (non-hydrogen) atoms. The van der Waals surface area contributed by atoms with Crippen molar-refractivity contribution in [2.24, 2.45) is 0 Å². The number of anilines is 4. The van der Waals surface area contributed by atoms with Crippen LogP contribution in [-0.4, -0.2) is 41.1 Å². The van der Waals surface area contributed by atoms with Crippen LogP contribution < -0.4 is 21.3 Å². The number of aryl methyl sites for hydroxylation is 1. The molecule has 2 aromatic rings. The van der Waals surface area contributed by atoms with Gasteiger partial charge < -0.3 is 21.3 Å². The second-order valence-electron chi connectivity index (χ2n) is 5.65. The molecule has 0 radical (unpaired) electrons. The summed E-state index contributed by atoms with van der Waals surface area (Å²) in [5, 5.41) is 10.7. The Bertz CT molecular complexity index is 732. The molecule has 2 heterocycles. The van der Waals surface area contributed by atoms with E-state index in [4.69, 9.17) is 11.5 Å². The lowest BCUT2D eigenvalue weighted by molar-refractivity contribution is -0.384. The van der Waals surface area contributed by atoms with E-state index in [0.29, 0.717) is 5.82 Å². The summed E-state index contributed by atoms with van der Waals surface area (Å²) in [6.07, 6.45) is 0. The zero-order valence-electron chi connectivity index (χ0n) is 13.3. The Kier molecular flexibility index (Phi) is 4.07. The molecule has 1 aromatic carbocycles. The van der Waals surface area contributed by atoms with Gasteiger partial charge in [0.15, 0.2) is 5.82 Å². The van der Waals surface area contributed by atoms with Gasteiger partial charge in [-0.05, 0) is 19.1 Å². The molecule has 1 saturated heterocycles. The Balaban J connectivity index is 1.71. The van der Waals surface area contributed by atoms with Crippen LogP contribution in [0.4, 0.5) is 28.8 Å². The third-order valence-electron chi connectivity index (χ3n) is 4.12. The molecule has 126 valence electrons. The van der Waals surface area contributed by atoms with Crippen LogP contribution in [0.1, 0.15) is 5.69 Å². The minimum absolute atomic E-state index is 0.0970. The van der Waals surface area contributed by atoms with Crippen molar-refractivity contribution >= 4 is 28.8 Å². The van der Waals surface area contributed by atoms with E-state index in [0.717, 1.165) is 43.2 Å². The number of nitrogens with two attached hydrogens (primary N) is 2. The van der Waals surface area contributed by atoms with Crippen molar-refractivity contribution in [3.8, 4) is 0 Å². The fourth-order valence-electron chi connectivity index (χ4n) is 2.98. The predicted molar refractivity (Wildman–Crippen MR) is 93.1 cm³/mol. The van der Waals surface area contributed by atoms with Crippen molar-refractivity contribution in [2.45, 2.75) is 6.92 Å². The van der Waals surface area contributed by atoms with Gasteiger partial charge in [-0.25, -0.2) is 4.98 Å². The third-order valence-corrected chi connectivity index (χ3v) is 4.12. The Morgan fingerprint density at radius 3 is 2.17 bits per heavy atom. The fraction of sp³-hybridized carbons (Fsp3) is 0.333. The number of nitrogen functional groups attached to an aromatic ring is 2. The number of nitro groups is 1. The van der Waals surface area contributed by atoms with E-state index < -0.39 is 4.92 Å². The minimum atomic E-state index is -0.394. The number of hydrogen-bond donors (Lipinski definition) is 2. The second kappa shape index (κ2) is 6.19. The van der Waals surface area contributed by atoms with Gasteiger partial charge in [-0.3, -0.25) is 10.1 Å². The van der Waals surface area contributed by atoms with Crippen molar-refractivity contribution < 1.29 is 4.92 Å². The first-order valence-electron chi connectivity index (χ1n) is 7.59. The lowest BCUT2D eigenvalue weighted by Crippen LogP contribution is -2.47. The maximum absolute atomic E-state index is 10.7. The largest absolute Gasteiger partial charge is 0.382 e. The Labute approximate surface area is 139 Å². The van der Waals surface area contributed by atoms with Crippen LogP contribution in [0.3, 0.4) is 0 Å². The fourth-order valence-corrected chi connectivity index (χ4v) is 2.98. The Morgan fingerprint density at radius 2 is 1.62 bits per heavy atom. The lowest BCUT2D eigenvalue weighted by atomic mass is 10.2. The summed E-state index contributed by atoms with van der Waals surface area (Å²) in [4.78, 5) is 22.9. The number of aromatic nitrogens is 2. The summed E-state index contributed by atoms with van der Waals surface area (Å²) in [5.41, 5.74) is 14.3. The molecule has 0 bridgehead atoms. The molecule has 1 aliphatic rings. The number of rotatable bonds is 3. The van der Waals surface area contributed by atoms with Crippen molar-refractivity contribution in [2.75, 3.05) is 47.4 Å². The average molecular weight is 329 g/mol. The lowest BCUT2D eigenvalue weighted by Gasteiger charge is -2.37. The van der Waals surface area contributed by atoms with Gasteiger partial charge >= 0.3 is 0 Å². The van der Waals surface area contributed by atoms with Gasteiger partial charge in [0.25, 0.3) is 5.69 Å². The summed E-state index contributed by atoms with van der Waals surface area (Å²) < 4.78 is 0. The SMILES string of the molecule is Cc1nc(N)nc(N)c1N1CCN(c2ccc([N+](=O)[O-])cc2)CC1. The predicted octanol–water partition coefficient (Wildman–Crippen LogP) is 1.18. The van der Waals surface area contributed by atoms with Gasteiger partial charge in [0.05, 0.1) is 10.6 Å². The minimum Gasteiger partial charge on any atom is -0.382 e. The molecule has 0 unspecified atom stereocenters. The highest BCUT2D eigenvalue weighted by molar-refractivity contribution is 5.68. The van der Waals surface area contributed by atoms with Crippen LogP contribution in [-0.2, 0) is 0 Å². The molecule has 0 saturated carbocycles. The van der Waals surface area contributed by atoms with Gasteiger partial charge in [-0.15, -0.1) is 0 Å². The van der Waals surface area contributed by atoms with E-state index in [-0.39, 0.29) is 11.6 Å². The average Bonchev–Trinajstić information content (AvgIpc) is 2.54. The molecule has 0 spiro atoms. The maximum Gasteiger partial charge on any atom is 0.269 e. The summed E-state index contributed by atoms with van der Waals surface area (Å²) in [6.45, 7) is 4.94. The highest BCUT2D eigenvalue weighted by Gasteiger charge is 2.22. The molecule has 9 nitrogen and oxygen atoms in total. The monoisotopic (exact) mass is 329 g/mol. The van der Waals surface area contributed by atoms with E-state index in [1.165, 1.54) is 12.1 Å². The first kappa shape index (κ1) is 15.8. The van der Waals surface area contributed by atoms with Gasteiger partial charge in [0.2, 0.25) is 5.95 Å². The van der Waals surface area contributed by atoms with Crippen LogP contribution in [0.15, 0.2) is 24.3 Å². The molecule has 0 atom stereocenters. The first-order chi connectivity index (χ1) is 11.5. The number of benzene rings is 1. The van der Waals surface area contributed by atoms with Crippen LogP contribution in [0.25, 0.3) is 0 Å². The molecule has 4 N–H and O–H groups in total. The van der Waals surface area contributed by atoms with Crippen LogP contribution >= 0.6 is 0 Å². The molecule has 9 heteroatoms. The summed E-state index contributed by atoms with van der Waals surface area (Å²) in [7, 11) is 0. The zero-order valence-corrected chi connectivity index (χ0v) is 13.3. The first-order valence-corrected chi connectivity index (χ1v) is 7.59. The molecule has 1 aliphatic heterocycles. The second-order valence-corrected chi connectivity index (χ2v) is 5.65. The van der Waals surface area contributed by atoms with Gasteiger partial charge in [-0.2, -0.15) is 4.98 Å². The van der Waals surface area contributed by atoms with Crippen LogP contribution in [0.2, 0.25) is 0 Å². The third kappa shape index (κ3) is 3.00. The van der Waals surface area contributed by atoms with Crippen LogP contribution in [0.5, 0.6) is 0 Å². The summed E-state index contributed by atoms with van der Waals surface area (Å²) >= 11 is 0. The van der Waals surface area contributed by atoms with E-state index in [9.17, 15) is 10.1 Å². The Morgan fingerprint density at radius 1 is 1.04 bits per heavy atom. The van der Waals surface area contributed by atoms with Gasteiger partial charge in [0, 0.05) is 44.0 Å². The summed E-state index contributed by atoms with van der Waals surface area (Å²) in [5.74, 6) is 0.571. The number of non-ortho nitro benzene ring substituents is 1. The molecule has 1 fully saturated rings. The maximum atomic E-state index is 10.7. The topological polar surface area (TPSA) is 127 Å². The highest BCUT2D eigenvalue weighted by atomic mass is 16.6. The van der Waals surface area contributed by atoms with Gasteiger partial charge in [0.1, 0.15) is 5.69 Å². The smallest absolute Gasteiger partial charge is 0.269 e. The highest BCUT2D eigenvalue weighted by Crippen LogP contribution is 2.28. The molecular formula is C15H19N7O2. The molecule has 0 aliphatic carbocycles. The molecule has 0 amide bonds. The number of hydrogen-bond acceptors (Lipinski definition) is 8. The standard InChI is InChI=1S/C15H19N7O2/c1-10-13(14(16)19-15(17)18-10)21-8-6-20(7-9-21)11-2-4-12(5-3-11)22(23)24/h2-5H,6-9H2,1H3,(H4,16,17,18,19). The number of piperazine rings is 1. The molecule has 1 aromatic heterocycles. The van der Waals surface area contributed by atoms with Crippen LogP contribution in [0, 0.1) is 17.0 Å². The van der Waals surface area contributed by atoms with E-state index in [1.54, 1.807) is 12.1 Å². The number of nitrogens with zero attached hydrogens (tertiary/aromatic N) is 5. The molecule has 3 rings (SSSR count).